The van der Waals surface area contributed by atoms with Gasteiger partial charge in [0, 0.05) is 6.54 Å². The van der Waals surface area contributed by atoms with Crippen LogP contribution in [0.25, 0.3) is 0 Å². The van der Waals surface area contributed by atoms with Gasteiger partial charge >= 0.3 is 5.97 Å². The Labute approximate surface area is 87.8 Å². The van der Waals surface area contributed by atoms with Gasteiger partial charge in [-0.05, 0) is 6.92 Å². The zero-order valence-electron chi connectivity index (χ0n) is 8.65. The second kappa shape index (κ2) is 9.38. The predicted octanol–water partition coefficient (Wildman–Crippen LogP) is -1.43. The Hall–Kier alpha value is -1.18. The Morgan fingerprint density at radius 1 is 1.33 bits per heavy atom. The molecule has 0 aliphatic carbocycles. The van der Waals surface area contributed by atoms with Gasteiger partial charge in [0.1, 0.15) is 13.2 Å². The molecule has 0 saturated heterocycles. The zero-order valence-corrected chi connectivity index (χ0v) is 8.65. The second-order valence-electron chi connectivity index (χ2n) is 2.51. The van der Waals surface area contributed by atoms with E-state index in [1.165, 1.54) is 0 Å². The number of carbonyl (C=O) groups excluding carboxylic acids is 2. The molecule has 7 nitrogen and oxygen atoms in total. The molecule has 0 aromatic rings. The van der Waals surface area contributed by atoms with Crippen molar-refractivity contribution < 1.29 is 23.9 Å². The Morgan fingerprint density at radius 2 is 2.07 bits per heavy atom. The van der Waals surface area contributed by atoms with Crippen LogP contribution in [0.15, 0.2) is 0 Å². The van der Waals surface area contributed by atoms with E-state index < -0.39 is 11.9 Å². The highest BCUT2D eigenvalue weighted by molar-refractivity contribution is 5.74. The number of primary amides is 1. The number of rotatable bonds is 9. The minimum Gasteiger partial charge on any atom is -0.464 e. The van der Waals surface area contributed by atoms with Crippen LogP contribution in [-0.2, 0) is 23.9 Å². The van der Waals surface area contributed by atoms with E-state index in [9.17, 15) is 9.59 Å². The largest absolute Gasteiger partial charge is 0.464 e. The first-order chi connectivity index (χ1) is 7.16. The normalized spacial score (nSPS) is 9.93. The lowest BCUT2D eigenvalue weighted by molar-refractivity contribution is -0.148. The molecule has 0 unspecified atom stereocenters. The first kappa shape index (κ1) is 13.8. The number of hydrogen-bond donors (Lipinski definition) is 2. The number of esters is 1. The number of nitrogens with two attached hydrogens (primary N) is 1. The summed E-state index contributed by atoms with van der Waals surface area (Å²) in [5.41, 5.74) is 7.25. The molecule has 0 aliphatic heterocycles. The van der Waals surface area contributed by atoms with E-state index in [0.29, 0.717) is 13.2 Å². The van der Waals surface area contributed by atoms with Gasteiger partial charge in [-0.25, -0.2) is 4.79 Å². The summed E-state index contributed by atoms with van der Waals surface area (Å²) in [6.45, 7) is 2.40. The van der Waals surface area contributed by atoms with Crippen LogP contribution < -0.4 is 11.2 Å². The fourth-order valence-electron chi connectivity index (χ4n) is 0.666. The van der Waals surface area contributed by atoms with E-state index in [1.807, 2.05) is 0 Å². The quantitative estimate of drug-likeness (QED) is 0.281. The van der Waals surface area contributed by atoms with E-state index in [1.54, 1.807) is 6.92 Å². The van der Waals surface area contributed by atoms with Crippen LogP contribution in [0, 0.1) is 0 Å². The van der Waals surface area contributed by atoms with E-state index in [2.05, 4.69) is 15.1 Å². The van der Waals surface area contributed by atoms with Crippen molar-refractivity contribution in [3.05, 3.63) is 0 Å². The van der Waals surface area contributed by atoms with Gasteiger partial charge in [0.25, 0.3) is 0 Å². The maximum Gasteiger partial charge on any atom is 0.332 e. The minimum absolute atomic E-state index is 0.0919. The fourth-order valence-corrected chi connectivity index (χ4v) is 0.666. The van der Waals surface area contributed by atoms with Crippen molar-refractivity contribution in [3.8, 4) is 0 Å². The summed E-state index contributed by atoms with van der Waals surface area (Å²) in [5.74, 6) is -0.967. The third kappa shape index (κ3) is 10.7. The SMILES string of the molecule is CCOC(=O)COCCNOCC(N)=O. The average molecular weight is 220 g/mol. The van der Waals surface area contributed by atoms with Crippen LogP contribution in [0.5, 0.6) is 0 Å². The molecule has 88 valence electrons. The van der Waals surface area contributed by atoms with Gasteiger partial charge in [-0.1, -0.05) is 0 Å². The topological polar surface area (TPSA) is 99.9 Å². The summed E-state index contributed by atoms with van der Waals surface area (Å²) in [6, 6.07) is 0. The Bertz CT molecular complexity index is 197. The smallest absolute Gasteiger partial charge is 0.332 e. The molecular weight excluding hydrogens is 204 g/mol. The predicted molar refractivity (Wildman–Crippen MR) is 50.6 cm³/mol. The number of hydrogen-bond acceptors (Lipinski definition) is 6. The van der Waals surface area contributed by atoms with Crippen molar-refractivity contribution in [2.75, 3.05) is 33.0 Å². The third-order valence-corrected chi connectivity index (χ3v) is 1.19. The molecule has 0 fully saturated rings. The monoisotopic (exact) mass is 220 g/mol. The molecule has 0 saturated carbocycles. The molecule has 0 aliphatic rings. The first-order valence-corrected chi connectivity index (χ1v) is 4.53. The van der Waals surface area contributed by atoms with Gasteiger partial charge in [0.2, 0.25) is 5.91 Å². The van der Waals surface area contributed by atoms with Crippen molar-refractivity contribution in [3.63, 3.8) is 0 Å². The summed E-state index contributed by atoms with van der Waals surface area (Å²) < 4.78 is 9.55. The lowest BCUT2D eigenvalue weighted by Gasteiger charge is -2.05. The van der Waals surface area contributed by atoms with Gasteiger partial charge < -0.3 is 15.2 Å². The highest BCUT2D eigenvalue weighted by atomic mass is 16.6. The van der Waals surface area contributed by atoms with Crippen LogP contribution in [0.1, 0.15) is 6.92 Å². The molecule has 0 radical (unpaired) electrons. The van der Waals surface area contributed by atoms with E-state index in [-0.39, 0.29) is 19.8 Å². The average Bonchev–Trinajstić information content (AvgIpc) is 2.16. The summed E-state index contributed by atoms with van der Waals surface area (Å²) in [4.78, 5) is 25.6. The van der Waals surface area contributed by atoms with E-state index in [4.69, 9.17) is 10.5 Å². The van der Waals surface area contributed by atoms with Crippen LogP contribution in [0.3, 0.4) is 0 Å². The molecule has 0 aromatic carbocycles. The maximum absolute atomic E-state index is 10.8. The summed E-state index contributed by atoms with van der Waals surface area (Å²) >= 11 is 0. The van der Waals surface area contributed by atoms with E-state index >= 15 is 0 Å². The van der Waals surface area contributed by atoms with Crippen LogP contribution in [0.2, 0.25) is 0 Å². The van der Waals surface area contributed by atoms with Gasteiger partial charge in [-0.2, -0.15) is 5.48 Å². The number of ether oxygens (including phenoxy) is 2. The molecule has 0 rings (SSSR count). The van der Waals surface area contributed by atoms with Crippen LogP contribution >= 0.6 is 0 Å². The highest BCUT2D eigenvalue weighted by Crippen LogP contribution is 1.80. The number of carbonyl (C=O) groups is 2. The fraction of sp³-hybridized carbons (Fsp3) is 0.750. The van der Waals surface area contributed by atoms with Gasteiger partial charge in [-0.15, -0.1) is 0 Å². The Morgan fingerprint density at radius 3 is 2.67 bits per heavy atom. The maximum atomic E-state index is 10.8. The molecule has 0 atom stereocenters. The number of nitrogens with one attached hydrogen (secondary N) is 1. The molecule has 7 heteroatoms. The molecule has 3 N–H and O–H groups in total. The molecule has 0 aromatic heterocycles. The third-order valence-electron chi connectivity index (χ3n) is 1.19. The standard InChI is InChI=1S/C8H16N2O5/c1-2-14-8(12)6-13-4-3-10-15-5-7(9)11/h10H,2-6H2,1H3,(H2,9,11). The molecule has 0 heterocycles. The minimum atomic E-state index is -0.560. The van der Waals surface area contributed by atoms with Crippen molar-refractivity contribution in [1.82, 2.24) is 5.48 Å². The van der Waals surface area contributed by atoms with Gasteiger partial charge in [0.05, 0.1) is 13.2 Å². The molecular formula is C8H16N2O5. The molecule has 1 amide bonds. The highest BCUT2D eigenvalue weighted by Gasteiger charge is 2.00. The van der Waals surface area contributed by atoms with Crippen molar-refractivity contribution in [2.45, 2.75) is 6.92 Å². The van der Waals surface area contributed by atoms with Gasteiger partial charge in [-0.3, -0.25) is 9.63 Å². The second-order valence-corrected chi connectivity index (χ2v) is 2.51. The van der Waals surface area contributed by atoms with E-state index in [0.717, 1.165) is 0 Å². The van der Waals surface area contributed by atoms with Crippen LogP contribution in [-0.4, -0.2) is 44.8 Å². The summed E-state index contributed by atoms with van der Waals surface area (Å²) in [6.07, 6.45) is 0. The lowest BCUT2D eigenvalue weighted by atomic mass is 10.6. The van der Waals surface area contributed by atoms with Crippen LogP contribution in [0.4, 0.5) is 0 Å². The molecule has 0 bridgehead atoms. The lowest BCUT2D eigenvalue weighted by Crippen LogP contribution is -2.27. The van der Waals surface area contributed by atoms with Crippen molar-refractivity contribution >= 4 is 11.9 Å². The summed E-state index contributed by atoms with van der Waals surface area (Å²) in [5, 5.41) is 0. The van der Waals surface area contributed by atoms with Crippen molar-refractivity contribution in [1.29, 1.82) is 0 Å². The number of amides is 1. The van der Waals surface area contributed by atoms with Gasteiger partial charge in [0.15, 0.2) is 0 Å². The number of hydroxylamine groups is 1. The molecule has 0 spiro atoms. The first-order valence-electron chi connectivity index (χ1n) is 4.53. The summed E-state index contributed by atoms with van der Waals surface area (Å²) in [7, 11) is 0. The molecule has 15 heavy (non-hydrogen) atoms. The Balaban J connectivity index is 3.11. The zero-order chi connectivity index (χ0) is 11.5. The van der Waals surface area contributed by atoms with Crippen molar-refractivity contribution in [2.24, 2.45) is 5.73 Å². The Kier molecular flexibility index (Phi) is 8.64.